The summed E-state index contributed by atoms with van der Waals surface area (Å²) in [7, 11) is 4.61. The van der Waals surface area contributed by atoms with Crippen molar-refractivity contribution in [3.05, 3.63) is 63.0 Å². The van der Waals surface area contributed by atoms with Gasteiger partial charge in [-0.15, -0.1) is 0 Å². The first-order valence-electron chi connectivity index (χ1n) is 11.9. The molecule has 0 saturated carbocycles. The van der Waals surface area contributed by atoms with Gasteiger partial charge in [0.2, 0.25) is 11.5 Å². The van der Waals surface area contributed by atoms with Gasteiger partial charge in [-0.25, -0.2) is 0 Å². The summed E-state index contributed by atoms with van der Waals surface area (Å²) in [6.45, 7) is 5.90. The molecular weight excluding hydrogens is 464 g/mol. The number of hydrogen-bond donors (Lipinski definition) is 0. The predicted octanol–water partition coefficient (Wildman–Crippen LogP) is 3.00. The molecule has 2 aromatic carbocycles. The van der Waals surface area contributed by atoms with Crippen molar-refractivity contribution in [3.63, 3.8) is 0 Å². The smallest absolute Gasteiger partial charge is 0.290 e. The average molecular weight is 495 g/mol. The third kappa shape index (κ3) is 4.08. The van der Waals surface area contributed by atoms with Crippen LogP contribution in [0.1, 0.15) is 33.3 Å². The van der Waals surface area contributed by atoms with E-state index in [1.54, 1.807) is 29.2 Å². The van der Waals surface area contributed by atoms with E-state index in [0.717, 1.165) is 18.7 Å². The van der Waals surface area contributed by atoms with Crippen LogP contribution in [0, 0.1) is 6.92 Å². The molecule has 0 radical (unpaired) electrons. The van der Waals surface area contributed by atoms with E-state index in [-0.39, 0.29) is 17.1 Å². The first-order valence-corrected chi connectivity index (χ1v) is 11.9. The van der Waals surface area contributed by atoms with Gasteiger partial charge >= 0.3 is 0 Å². The molecule has 0 N–H and O–H groups in total. The highest BCUT2D eigenvalue weighted by atomic mass is 16.5. The number of aryl methyl sites for hydroxylation is 1. The summed E-state index contributed by atoms with van der Waals surface area (Å²) in [5.74, 6) is 1.10. The second kappa shape index (κ2) is 9.83. The summed E-state index contributed by atoms with van der Waals surface area (Å²) in [4.78, 5) is 31.5. The summed E-state index contributed by atoms with van der Waals surface area (Å²) < 4.78 is 28.2. The fourth-order valence-electron chi connectivity index (χ4n) is 5.04. The van der Waals surface area contributed by atoms with E-state index in [1.165, 1.54) is 21.3 Å². The normalized spacial score (nSPS) is 17.9. The van der Waals surface area contributed by atoms with Gasteiger partial charge in [-0.05, 0) is 36.8 Å². The van der Waals surface area contributed by atoms with Crippen LogP contribution in [0.4, 0.5) is 0 Å². The van der Waals surface area contributed by atoms with E-state index in [0.29, 0.717) is 65.6 Å². The SMILES string of the molecule is COc1cc([C@H]2c3c(oc4ccc(C)cc4c3=O)C(=O)N2CCN2CCOCC2)cc(OC)c1OC. The van der Waals surface area contributed by atoms with Crippen LogP contribution < -0.4 is 19.6 Å². The number of nitrogens with zero attached hydrogens (tertiary/aromatic N) is 2. The molecule has 3 aromatic rings. The van der Waals surface area contributed by atoms with Crippen LogP contribution in [-0.4, -0.2) is 76.4 Å². The average Bonchev–Trinajstić information content (AvgIpc) is 3.19. The van der Waals surface area contributed by atoms with Crippen LogP contribution in [0.15, 0.2) is 39.5 Å². The van der Waals surface area contributed by atoms with E-state index in [2.05, 4.69) is 4.90 Å². The second-order valence-electron chi connectivity index (χ2n) is 8.99. The van der Waals surface area contributed by atoms with Gasteiger partial charge in [-0.1, -0.05) is 11.6 Å². The van der Waals surface area contributed by atoms with E-state index in [4.69, 9.17) is 23.4 Å². The van der Waals surface area contributed by atoms with Crippen molar-refractivity contribution in [1.29, 1.82) is 0 Å². The fourth-order valence-corrected chi connectivity index (χ4v) is 5.04. The molecule has 2 aliphatic rings. The molecule has 36 heavy (non-hydrogen) atoms. The molecule has 9 nitrogen and oxygen atoms in total. The topological polar surface area (TPSA) is 90.7 Å². The third-order valence-electron chi connectivity index (χ3n) is 6.88. The quantitative estimate of drug-likeness (QED) is 0.495. The summed E-state index contributed by atoms with van der Waals surface area (Å²) in [6, 6.07) is 8.32. The van der Waals surface area contributed by atoms with Gasteiger partial charge in [0, 0.05) is 26.2 Å². The fraction of sp³-hybridized carbons (Fsp3) is 0.407. The highest BCUT2D eigenvalue weighted by Crippen LogP contribution is 2.45. The van der Waals surface area contributed by atoms with Gasteiger partial charge in [0.15, 0.2) is 16.9 Å². The monoisotopic (exact) mass is 494 g/mol. The maximum Gasteiger partial charge on any atom is 0.290 e. The Morgan fingerprint density at radius 3 is 2.28 bits per heavy atom. The largest absolute Gasteiger partial charge is 0.493 e. The van der Waals surface area contributed by atoms with Crippen LogP contribution in [-0.2, 0) is 4.74 Å². The number of benzene rings is 2. The van der Waals surface area contributed by atoms with Crippen molar-refractivity contribution >= 4 is 16.9 Å². The second-order valence-corrected chi connectivity index (χ2v) is 8.99. The van der Waals surface area contributed by atoms with Crippen molar-refractivity contribution in [2.45, 2.75) is 13.0 Å². The molecule has 5 rings (SSSR count). The summed E-state index contributed by atoms with van der Waals surface area (Å²) in [6.07, 6.45) is 0. The Hall–Kier alpha value is -3.56. The molecule has 1 atom stereocenters. The van der Waals surface area contributed by atoms with E-state index < -0.39 is 6.04 Å². The van der Waals surface area contributed by atoms with E-state index in [1.807, 2.05) is 13.0 Å². The zero-order valence-corrected chi connectivity index (χ0v) is 21.0. The minimum absolute atomic E-state index is 0.0806. The first-order chi connectivity index (χ1) is 17.5. The number of carbonyl (C=O) groups excluding carboxylic acids is 1. The van der Waals surface area contributed by atoms with Crippen LogP contribution in [0.3, 0.4) is 0 Å². The standard InChI is InChI=1S/C27H30N2O7/c1-16-5-6-19-18(13-16)24(30)22-23(17-14-20(32-2)25(34-4)21(15-17)33-3)29(27(31)26(22)36-19)8-7-28-9-11-35-12-10-28/h5-6,13-15,23H,7-12H2,1-4H3/t23-/m0/s1. The molecule has 0 aliphatic carbocycles. The summed E-state index contributed by atoms with van der Waals surface area (Å²) >= 11 is 0. The van der Waals surface area contributed by atoms with Crippen LogP contribution in [0.25, 0.3) is 11.0 Å². The number of methoxy groups -OCH3 is 3. The number of morpholine rings is 1. The number of fused-ring (bicyclic) bond motifs is 2. The van der Waals surface area contributed by atoms with E-state index >= 15 is 0 Å². The molecule has 2 aliphatic heterocycles. The molecule has 9 heteroatoms. The maximum absolute atomic E-state index is 13.8. The Bertz CT molecular complexity index is 1340. The van der Waals surface area contributed by atoms with Crippen molar-refractivity contribution in [3.8, 4) is 17.2 Å². The van der Waals surface area contributed by atoms with Crippen molar-refractivity contribution in [2.24, 2.45) is 0 Å². The van der Waals surface area contributed by atoms with Crippen molar-refractivity contribution in [1.82, 2.24) is 9.80 Å². The number of rotatable bonds is 7. The Labute approximate surface area is 209 Å². The van der Waals surface area contributed by atoms with Gasteiger partial charge in [0.25, 0.3) is 5.91 Å². The van der Waals surface area contributed by atoms with Crippen LogP contribution >= 0.6 is 0 Å². The number of amides is 1. The molecule has 0 bridgehead atoms. The van der Waals surface area contributed by atoms with Gasteiger partial charge < -0.3 is 28.3 Å². The molecule has 1 fully saturated rings. The Morgan fingerprint density at radius 2 is 1.64 bits per heavy atom. The molecule has 1 amide bonds. The Kier molecular flexibility index (Phi) is 6.59. The zero-order chi connectivity index (χ0) is 25.4. The van der Waals surface area contributed by atoms with Crippen LogP contribution in [0.5, 0.6) is 17.2 Å². The molecule has 1 aromatic heterocycles. The lowest BCUT2D eigenvalue weighted by Gasteiger charge is -2.31. The van der Waals surface area contributed by atoms with E-state index in [9.17, 15) is 9.59 Å². The first kappa shape index (κ1) is 24.1. The maximum atomic E-state index is 13.8. The Morgan fingerprint density at radius 1 is 0.944 bits per heavy atom. The number of ether oxygens (including phenoxy) is 4. The summed E-state index contributed by atoms with van der Waals surface area (Å²) in [5.41, 5.74) is 2.13. The lowest BCUT2D eigenvalue weighted by Crippen LogP contribution is -2.42. The summed E-state index contributed by atoms with van der Waals surface area (Å²) in [5, 5.41) is 0.453. The lowest BCUT2D eigenvalue weighted by atomic mass is 9.97. The molecular formula is C27H30N2O7. The minimum Gasteiger partial charge on any atom is -0.493 e. The predicted molar refractivity (Wildman–Crippen MR) is 133 cm³/mol. The number of carbonyl (C=O) groups is 1. The number of hydrogen-bond acceptors (Lipinski definition) is 8. The van der Waals surface area contributed by atoms with Gasteiger partial charge in [-0.2, -0.15) is 0 Å². The van der Waals surface area contributed by atoms with Crippen molar-refractivity contribution in [2.75, 3.05) is 60.7 Å². The Balaban J connectivity index is 1.67. The van der Waals surface area contributed by atoms with Gasteiger partial charge in [0.1, 0.15) is 5.58 Å². The molecule has 0 unspecified atom stereocenters. The lowest BCUT2D eigenvalue weighted by molar-refractivity contribution is 0.0314. The highest BCUT2D eigenvalue weighted by Gasteiger charge is 2.43. The van der Waals surface area contributed by atoms with Gasteiger partial charge in [0.05, 0.1) is 51.5 Å². The molecule has 190 valence electrons. The molecule has 0 spiro atoms. The molecule has 1 saturated heterocycles. The van der Waals surface area contributed by atoms with Gasteiger partial charge in [-0.3, -0.25) is 14.5 Å². The minimum atomic E-state index is -0.664. The van der Waals surface area contributed by atoms with Crippen LogP contribution in [0.2, 0.25) is 0 Å². The highest BCUT2D eigenvalue weighted by molar-refractivity contribution is 5.99. The molecule has 3 heterocycles. The zero-order valence-electron chi connectivity index (χ0n) is 21.0. The van der Waals surface area contributed by atoms with Crippen molar-refractivity contribution < 1.29 is 28.2 Å². The third-order valence-corrected chi connectivity index (χ3v) is 6.88.